The molecular formula is C23H39ClO3. The van der Waals surface area contributed by atoms with E-state index in [9.17, 15) is 9.59 Å². The van der Waals surface area contributed by atoms with E-state index in [1.54, 1.807) is 0 Å². The van der Waals surface area contributed by atoms with Crippen LogP contribution in [0.25, 0.3) is 0 Å². The van der Waals surface area contributed by atoms with Crippen molar-refractivity contribution < 1.29 is 14.3 Å². The molecule has 0 aromatic heterocycles. The molecule has 2 rings (SSSR count). The number of carbonyl (C=O) groups excluding carboxylic acids is 2. The van der Waals surface area contributed by atoms with Gasteiger partial charge in [0.15, 0.2) is 0 Å². The molecule has 1 unspecified atom stereocenters. The zero-order valence-corrected chi connectivity index (χ0v) is 18.1. The summed E-state index contributed by atoms with van der Waals surface area (Å²) in [7, 11) is 0. The largest absolute Gasteiger partial charge is 0.462 e. The first-order valence-corrected chi connectivity index (χ1v) is 11.8. The second-order valence-corrected chi connectivity index (χ2v) is 9.38. The highest BCUT2D eigenvalue weighted by Crippen LogP contribution is 2.38. The van der Waals surface area contributed by atoms with E-state index in [4.69, 9.17) is 16.3 Å². The molecule has 0 radical (unpaired) electrons. The van der Waals surface area contributed by atoms with Gasteiger partial charge in [-0.2, -0.15) is 0 Å². The molecule has 2 saturated carbocycles. The van der Waals surface area contributed by atoms with Gasteiger partial charge in [-0.25, -0.2) is 0 Å². The standard InChI is InChI=1S/C23H39ClO3/c1-3-5-7-22(25)19-12-10-18(11-13-19)21(24)16-17-8-14-20(15-9-17)27-23(26)6-4-2/h17-21H,3-16H2,1-2H3. The van der Waals surface area contributed by atoms with E-state index in [1.807, 2.05) is 6.92 Å². The first-order chi connectivity index (χ1) is 13.0. The number of hydrogen-bond donors (Lipinski definition) is 0. The monoisotopic (exact) mass is 398 g/mol. The average Bonchev–Trinajstić information content (AvgIpc) is 2.68. The smallest absolute Gasteiger partial charge is 0.306 e. The van der Waals surface area contributed by atoms with Crippen molar-refractivity contribution in [3.63, 3.8) is 0 Å². The molecule has 1 atom stereocenters. The second kappa shape index (κ2) is 12.1. The third-order valence-electron chi connectivity index (χ3n) is 6.62. The predicted octanol–water partition coefficient (Wildman–Crippen LogP) is 6.45. The van der Waals surface area contributed by atoms with Gasteiger partial charge in [0.25, 0.3) is 0 Å². The topological polar surface area (TPSA) is 43.4 Å². The molecular weight excluding hydrogens is 360 g/mol. The Bertz CT molecular complexity index is 449. The lowest BCUT2D eigenvalue weighted by Crippen LogP contribution is -2.29. The quantitative estimate of drug-likeness (QED) is 0.313. The molecule has 3 nitrogen and oxygen atoms in total. The molecule has 0 saturated heterocycles. The van der Waals surface area contributed by atoms with Gasteiger partial charge in [0, 0.05) is 24.1 Å². The molecule has 0 bridgehead atoms. The Labute approximate surface area is 170 Å². The molecule has 2 aliphatic rings. The molecule has 27 heavy (non-hydrogen) atoms. The highest BCUT2D eigenvalue weighted by Gasteiger charge is 2.32. The molecule has 0 spiro atoms. The van der Waals surface area contributed by atoms with Crippen LogP contribution < -0.4 is 0 Å². The first-order valence-electron chi connectivity index (χ1n) is 11.4. The minimum atomic E-state index is -0.0404. The SMILES string of the molecule is CCCCC(=O)C1CCC(C(Cl)CC2CCC(OC(=O)CCC)CC2)CC1. The summed E-state index contributed by atoms with van der Waals surface area (Å²) in [5, 5.41) is 0.237. The minimum absolute atomic E-state index is 0.0404. The summed E-state index contributed by atoms with van der Waals surface area (Å²) in [6.07, 6.45) is 14.0. The van der Waals surface area contributed by atoms with Crippen molar-refractivity contribution in [2.45, 2.75) is 115 Å². The lowest BCUT2D eigenvalue weighted by Gasteiger charge is -2.34. The normalized spacial score (nSPS) is 29.9. The number of ether oxygens (including phenoxy) is 1. The molecule has 0 aromatic rings. The van der Waals surface area contributed by atoms with Crippen LogP contribution in [-0.4, -0.2) is 23.2 Å². The number of unbranched alkanes of at least 4 members (excludes halogenated alkanes) is 1. The summed E-state index contributed by atoms with van der Waals surface area (Å²) >= 11 is 6.80. The predicted molar refractivity (Wildman–Crippen MR) is 111 cm³/mol. The molecule has 0 aliphatic heterocycles. The highest BCUT2D eigenvalue weighted by molar-refractivity contribution is 6.20. The maximum atomic E-state index is 12.2. The summed E-state index contributed by atoms with van der Waals surface area (Å²) in [5.41, 5.74) is 0. The molecule has 2 fully saturated rings. The van der Waals surface area contributed by atoms with Crippen molar-refractivity contribution in [3.05, 3.63) is 0 Å². The number of ketones is 1. The molecule has 0 aromatic carbocycles. The van der Waals surface area contributed by atoms with Gasteiger partial charge in [-0.1, -0.05) is 20.3 Å². The van der Waals surface area contributed by atoms with Gasteiger partial charge < -0.3 is 4.74 Å². The molecule has 2 aliphatic carbocycles. The average molecular weight is 399 g/mol. The van der Waals surface area contributed by atoms with E-state index in [2.05, 4.69) is 6.92 Å². The lowest BCUT2D eigenvalue weighted by molar-refractivity contribution is -0.151. The van der Waals surface area contributed by atoms with Crippen LogP contribution in [0.1, 0.15) is 104 Å². The van der Waals surface area contributed by atoms with Crippen LogP contribution in [0.2, 0.25) is 0 Å². The second-order valence-electron chi connectivity index (χ2n) is 8.82. The molecule has 0 amide bonds. The van der Waals surface area contributed by atoms with Crippen LogP contribution in [0, 0.1) is 17.8 Å². The Balaban J connectivity index is 1.64. The van der Waals surface area contributed by atoms with Gasteiger partial charge in [0.2, 0.25) is 0 Å². The number of rotatable bonds is 10. The summed E-state index contributed by atoms with van der Waals surface area (Å²) in [4.78, 5) is 23.9. The van der Waals surface area contributed by atoms with Crippen LogP contribution in [0.3, 0.4) is 0 Å². The number of alkyl halides is 1. The van der Waals surface area contributed by atoms with E-state index in [-0.39, 0.29) is 17.5 Å². The third kappa shape index (κ3) is 7.75. The van der Waals surface area contributed by atoms with Gasteiger partial charge in [-0.3, -0.25) is 9.59 Å². The lowest BCUT2D eigenvalue weighted by atomic mass is 9.75. The van der Waals surface area contributed by atoms with Crippen LogP contribution in [0.15, 0.2) is 0 Å². The minimum Gasteiger partial charge on any atom is -0.462 e. The fourth-order valence-electron chi connectivity index (χ4n) is 4.80. The Kier molecular flexibility index (Phi) is 10.2. The third-order valence-corrected chi connectivity index (χ3v) is 7.15. The number of carbonyl (C=O) groups is 2. The van der Waals surface area contributed by atoms with Crippen molar-refractivity contribution >= 4 is 23.4 Å². The van der Waals surface area contributed by atoms with Crippen LogP contribution in [-0.2, 0) is 14.3 Å². The zero-order valence-electron chi connectivity index (χ0n) is 17.4. The van der Waals surface area contributed by atoms with E-state index in [0.29, 0.717) is 30.0 Å². The van der Waals surface area contributed by atoms with Crippen molar-refractivity contribution in [1.82, 2.24) is 0 Å². The van der Waals surface area contributed by atoms with E-state index < -0.39 is 0 Å². The van der Waals surface area contributed by atoms with Crippen molar-refractivity contribution in [2.24, 2.45) is 17.8 Å². The number of halogens is 1. The maximum absolute atomic E-state index is 12.2. The number of Topliss-reactive ketones (excluding diaryl/α,β-unsaturated/α-hetero) is 1. The molecule has 4 heteroatoms. The Morgan fingerprint density at radius 1 is 0.926 bits per heavy atom. The van der Waals surface area contributed by atoms with Crippen molar-refractivity contribution in [3.8, 4) is 0 Å². The Hall–Kier alpha value is -0.570. The van der Waals surface area contributed by atoms with Crippen molar-refractivity contribution in [2.75, 3.05) is 0 Å². The summed E-state index contributed by atoms with van der Waals surface area (Å²) in [6.45, 7) is 4.15. The summed E-state index contributed by atoms with van der Waals surface area (Å²) in [5.74, 6) is 1.98. The maximum Gasteiger partial charge on any atom is 0.306 e. The summed E-state index contributed by atoms with van der Waals surface area (Å²) < 4.78 is 5.56. The van der Waals surface area contributed by atoms with E-state index in [1.165, 1.54) is 0 Å². The highest BCUT2D eigenvalue weighted by atomic mass is 35.5. The van der Waals surface area contributed by atoms with Crippen LogP contribution in [0.5, 0.6) is 0 Å². The van der Waals surface area contributed by atoms with Gasteiger partial charge in [-0.05, 0) is 82.5 Å². The van der Waals surface area contributed by atoms with Crippen LogP contribution >= 0.6 is 11.6 Å². The Morgan fingerprint density at radius 3 is 2.19 bits per heavy atom. The number of esters is 1. The van der Waals surface area contributed by atoms with Gasteiger partial charge >= 0.3 is 5.97 Å². The number of hydrogen-bond acceptors (Lipinski definition) is 3. The van der Waals surface area contributed by atoms with E-state index >= 15 is 0 Å². The van der Waals surface area contributed by atoms with E-state index in [0.717, 1.165) is 83.5 Å². The molecule has 156 valence electrons. The summed E-state index contributed by atoms with van der Waals surface area (Å²) in [6, 6.07) is 0. The first kappa shape index (κ1) is 22.7. The fourth-order valence-corrected chi connectivity index (χ4v) is 5.31. The Morgan fingerprint density at radius 2 is 1.59 bits per heavy atom. The van der Waals surface area contributed by atoms with Gasteiger partial charge in [0.05, 0.1) is 0 Å². The fraction of sp³-hybridized carbons (Fsp3) is 0.913. The zero-order chi connectivity index (χ0) is 19.6. The van der Waals surface area contributed by atoms with Gasteiger partial charge in [-0.15, -0.1) is 11.6 Å². The van der Waals surface area contributed by atoms with Crippen LogP contribution in [0.4, 0.5) is 0 Å². The van der Waals surface area contributed by atoms with Gasteiger partial charge in [0.1, 0.15) is 11.9 Å². The molecule has 0 N–H and O–H groups in total. The van der Waals surface area contributed by atoms with Crippen molar-refractivity contribution in [1.29, 1.82) is 0 Å². The molecule has 0 heterocycles.